The number of hydrogen-bond donors (Lipinski definition) is 2. The fourth-order valence-corrected chi connectivity index (χ4v) is 2.07. The largest absolute Gasteiger partial charge is 0.469 e. The lowest BCUT2D eigenvalue weighted by Crippen LogP contribution is -2.48. The van der Waals surface area contributed by atoms with Crippen LogP contribution in [0.2, 0.25) is 0 Å². The zero-order chi connectivity index (χ0) is 16.0. The Morgan fingerprint density at radius 2 is 1.80 bits per heavy atom. The van der Waals surface area contributed by atoms with E-state index in [1.807, 2.05) is 0 Å². The molecule has 0 aromatic carbocycles. The predicted octanol–water partition coefficient (Wildman–Crippen LogP) is -0.770. The molecule has 0 aliphatic carbocycles. The van der Waals surface area contributed by atoms with Gasteiger partial charge in [-0.15, -0.1) is 0 Å². The molecule has 1 amide bonds. The summed E-state index contributed by atoms with van der Waals surface area (Å²) < 4.78 is 31.1. The van der Waals surface area contributed by atoms with E-state index < -0.39 is 27.6 Å². The summed E-state index contributed by atoms with van der Waals surface area (Å²) >= 11 is 0. The second-order valence-electron chi connectivity index (χ2n) is 5.27. The minimum Gasteiger partial charge on any atom is -0.469 e. The molecular formula is C11H23N3O5S. The molecule has 0 unspecified atom stereocenters. The van der Waals surface area contributed by atoms with Crippen LogP contribution in [0.5, 0.6) is 0 Å². The highest BCUT2D eigenvalue weighted by molar-refractivity contribution is 7.87. The summed E-state index contributed by atoms with van der Waals surface area (Å²) in [5, 5.41) is 2.63. The van der Waals surface area contributed by atoms with Crippen molar-refractivity contribution in [3.63, 3.8) is 0 Å². The van der Waals surface area contributed by atoms with Crippen molar-refractivity contribution < 1.29 is 22.7 Å². The number of hydrogen-bond acceptors (Lipinski definition) is 5. The molecule has 0 atom stereocenters. The minimum absolute atomic E-state index is 0.0249. The molecule has 0 saturated carbocycles. The van der Waals surface area contributed by atoms with Crippen molar-refractivity contribution in [2.45, 2.75) is 32.7 Å². The molecule has 0 aromatic heterocycles. The average molecular weight is 309 g/mol. The zero-order valence-corrected chi connectivity index (χ0v) is 13.3. The van der Waals surface area contributed by atoms with Crippen LogP contribution in [-0.4, -0.2) is 57.4 Å². The van der Waals surface area contributed by atoms with Crippen LogP contribution in [0, 0.1) is 0 Å². The first-order valence-corrected chi connectivity index (χ1v) is 7.50. The minimum atomic E-state index is -3.80. The Kier molecular flexibility index (Phi) is 7.11. The standard InChI is InChI=1S/C11H23N3O5S/c1-11(2,3)13-9(15)8-12-20(17,18)14(4)7-6-10(16)19-5/h12H,6-8H2,1-5H3,(H,13,15). The smallest absolute Gasteiger partial charge is 0.306 e. The Morgan fingerprint density at radius 1 is 1.25 bits per heavy atom. The van der Waals surface area contributed by atoms with E-state index in [0.29, 0.717) is 0 Å². The molecule has 0 spiro atoms. The van der Waals surface area contributed by atoms with Gasteiger partial charge in [0.1, 0.15) is 0 Å². The number of amides is 1. The Balaban J connectivity index is 4.31. The quantitative estimate of drug-likeness (QED) is 0.601. The van der Waals surface area contributed by atoms with Gasteiger partial charge < -0.3 is 10.1 Å². The Hall–Kier alpha value is -1.19. The van der Waals surface area contributed by atoms with Gasteiger partial charge in [0.25, 0.3) is 10.2 Å². The Morgan fingerprint density at radius 3 is 2.25 bits per heavy atom. The molecular weight excluding hydrogens is 286 g/mol. The van der Waals surface area contributed by atoms with E-state index in [0.717, 1.165) is 4.31 Å². The first kappa shape index (κ1) is 18.8. The number of rotatable bonds is 7. The number of methoxy groups -OCH3 is 1. The topological polar surface area (TPSA) is 105 Å². The maximum atomic E-state index is 11.8. The monoisotopic (exact) mass is 309 g/mol. The van der Waals surface area contributed by atoms with Crippen molar-refractivity contribution in [3.05, 3.63) is 0 Å². The molecule has 0 aliphatic rings. The van der Waals surface area contributed by atoms with Gasteiger partial charge >= 0.3 is 5.97 Å². The SMILES string of the molecule is COC(=O)CCN(C)S(=O)(=O)NCC(=O)NC(C)(C)C. The summed E-state index contributed by atoms with van der Waals surface area (Å²) in [7, 11) is -1.26. The Labute approximate surface area is 120 Å². The van der Waals surface area contributed by atoms with Crippen molar-refractivity contribution in [1.29, 1.82) is 0 Å². The molecule has 0 aromatic rings. The normalized spacial score (nSPS) is 12.3. The van der Waals surface area contributed by atoms with Gasteiger partial charge in [-0.2, -0.15) is 17.4 Å². The van der Waals surface area contributed by atoms with Gasteiger partial charge in [0.2, 0.25) is 5.91 Å². The van der Waals surface area contributed by atoms with E-state index in [-0.39, 0.29) is 19.5 Å². The zero-order valence-electron chi connectivity index (χ0n) is 12.5. The van der Waals surface area contributed by atoms with E-state index >= 15 is 0 Å². The first-order chi connectivity index (χ1) is 8.98. The average Bonchev–Trinajstić information content (AvgIpc) is 2.30. The van der Waals surface area contributed by atoms with Gasteiger partial charge in [-0.25, -0.2) is 0 Å². The number of carbonyl (C=O) groups is 2. The van der Waals surface area contributed by atoms with E-state index in [9.17, 15) is 18.0 Å². The van der Waals surface area contributed by atoms with Gasteiger partial charge in [-0.05, 0) is 20.8 Å². The summed E-state index contributed by atoms with van der Waals surface area (Å²) in [4.78, 5) is 22.4. The number of nitrogens with one attached hydrogen (secondary N) is 2. The molecule has 0 radical (unpaired) electrons. The van der Waals surface area contributed by atoms with E-state index in [1.54, 1.807) is 20.8 Å². The Bertz CT molecular complexity index is 441. The second-order valence-corrected chi connectivity index (χ2v) is 7.13. The van der Waals surface area contributed by atoms with Crippen molar-refractivity contribution in [2.24, 2.45) is 0 Å². The molecule has 0 fully saturated rings. The highest BCUT2D eigenvalue weighted by Gasteiger charge is 2.21. The number of carbonyl (C=O) groups excluding carboxylic acids is 2. The summed E-state index contributed by atoms with van der Waals surface area (Å²) in [6.45, 7) is 5.00. The third-order valence-electron chi connectivity index (χ3n) is 2.20. The highest BCUT2D eigenvalue weighted by atomic mass is 32.2. The van der Waals surface area contributed by atoms with Gasteiger partial charge in [-0.3, -0.25) is 9.59 Å². The van der Waals surface area contributed by atoms with E-state index in [1.165, 1.54) is 14.2 Å². The molecule has 0 saturated heterocycles. The first-order valence-electron chi connectivity index (χ1n) is 6.06. The molecule has 0 rings (SSSR count). The fraction of sp³-hybridized carbons (Fsp3) is 0.818. The van der Waals surface area contributed by atoms with Crippen LogP contribution in [0.15, 0.2) is 0 Å². The third kappa shape index (κ3) is 8.08. The molecule has 0 heterocycles. The number of ether oxygens (including phenoxy) is 1. The van der Waals surface area contributed by atoms with Gasteiger partial charge in [0, 0.05) is 19.1 Å². The lowest BCUT2D eigenvalue weighted by molar-refractivity contribution is -0.140. The fourth-order valence-electron chi connectivity index (χ4n) is 1.20. The van der Waals surface area contributed by atoms with Gasteiger partial charge in [0.15, 0.2) is 0 Å². The molecule has 0 aliphatic heterocycles. The van der Waals surface area contributed by atoms with E-state index in [2.05, 4.69) is 14.8 Å². The lowest BCUT2D eigenvalue weighted by atomic mass is 10.1. The van der Waals surface area contributed by atoms with Crippen molar-refractivity contribution in [1.82, 2.24) is 14.3 Å². The molecule has 9 heteroatoms. The van der Waals surface area contributed by atoms with E-state index in [4.69, 9.17) is 0 Å². The van der Waals surface area contributed by atoms with Crippen molar-refractivity contribution >= 4 is 22.1 Å². The highest BCUT2D eigenvalue weighted by Crippen LogP contribution is 1.99. The maximum Gasteiger partial charge on any atom is 0.306 e. The summed E-state index contributed by atoms with van der Waals surface area (Å²) in [6, 6.07) is 0. The number of nitrogens with zero attached hydrogens (tertiary/aromatic N) is 1. The van der Waals surface area contributed by atoms with Crippen molar-refractivity contribution in [2.75, 3.05) is 27.2 Å². The second kappa shape index (κ2) is 7.55. The third-order valence-corrected chi connectivity index (χ3v) is 3.71. The maximum absolute atomic E-state index is 11.8. The van der Waals surface area contributed by atoms with Crippen LogP contribution in [-0.2, 0) is 24.5 Å². The molecule has 0 bridgehead atoms. The van der Waals surface area contributed by atoms with Crippen LogP contribution in [0.4, 0.5) is 0 Å². The van der Waals surface area contributed by atoms with Crippen LogP contribution < -0.4 is 10.0 Å². The van der Waals surface area contributed by atoms with Crippen LogP contribution in [0.1, 0.15) is 27.2 Å². The van der Waals surface area contributed by atoms with Crippen molar-refractivity contribution in [3.8, 4) is 0 Å². The van der Waals surface area contributed by atoms with Gasteiger partial charge in [0.05, 0.1) is 20.1 Å². The predicted molar refractivity (Wildman–Crippen MR) is 74.1 cm³/mol. The number of esters is 1. The van der Waals surface area contributed by atoms with Crippen LogP contribution in [0.3, 0.4) is 0 Å². The summed E-state index contributed by atoms with van der Waals surface area (Å²) in [5.41, 5.74) is -0.431. The van der Waals surface area contributed by atoms with Gasteiger partial charge in [-0.1, -0.05) is 0 Å². The molecule has 118 valence electrons. The summed E-state index contributed by atoms with van der Waals surface area (Å²) in [5.74, 6) is -0.931. The molecule has 2 N–H and O–H groups in total. The lowest BCUT2D eigenvalue weighted by Gasteiger charge is -2.21. The molecule has 8 nitrogen and oxygen atoms in total. The van der Waals surface area contributed by atoms with Crippen LogP contribution >= 0.6 is 0 Å². The molecule has 20 heavy (non-hydrogen) atoms. The van der Waals surface area contributed by atoms with Crippen LogP contribution in [0.25, 0.3) is 0 Å². The summed E-state index contributed by atoms with van der Waals surface area (Å²) in [6.07, 6.45) is -0.0535.